The molecule has 0 saturated carbocycles. The number of hydrogen-bond donors (Lipinski definition) is 2. The van der Waals surface area contributed by atoms with Gasteiger partial charge in [0.05, 0.1) is 31.7 Å². The van der Waals surface area contributed by atoms with Gasteiger partial charge in [-0.25, -0.2) is 9.50 Å². The third-order valence-electron chi connectivity index (χ3n) is 5.10. The van der Waals surface area contributed by atoms with E-state index >= 15 is 0 Å². The van der Waals surface area contributed by atoms with E-state index in [-0.39, 0.29) is 0 Å². The van der Waals surface area contributed by atoms with Gasteiger partial charge in [0, 0.05) is 31.3 Å². The number of fused-ring (bicyclic) bond motifs is 1. The molecule has 0 spiro atoms. The second-order valence-electron chi connectivity index (χ2n) is 6.70. The number of nitrogens with zero attached hydrogens (tertiary/aromatic N) is 4. The topological polar surface area (TPSA) is 98.1 Å². The van der Waals surface area contributed by atoms with Crippen LogP contribution in [0.15, 0.2) is 24.4 Å². The average molecular weight is 389 g/mol. The maximum atomic E-state index is 10.3. The first kappa shape index (κ1) is 18.0. The van der Waals surface area contributed by atoms with Crippen LogP contribution in [0.1, 0.15) is 12.8 Å². The molecule has 1 aliphatic rings. The zero-order valence-electron chi connectivity index (χ0n) is 15.4. The molecule has 9 heteroatoms. The highest BCUT2D eigenvalue weighted by atomic mass is 32.1. The maximum absolute atomic E-state index is 10.3. The monoisotopic (exact) mass is 389 g/mol. The fourth-order valence-corrected chi connectivity index (χ4v) is 4.25. The molecule has 3 N–H and O–H groups in total. The van der Waals surface area contributed by atoms with E-state index in [1.807, 2.05) is 22.7 Å². The number of anilines is 1. The highest BCUT2D eigenvalue weighted by Crippen LogP contribution is 2.36. The normalized spacial score (nSPS) is 16.7. The van der Waals surface area contributed by atoms with Crippen LogP contribution >= 0.6 is 11.3 Å². The van der Waals surface area contributed by atoms with Crippen molar-refractivity contribution in [1.29, 1.82) is 0 Å². The van der Waals surface area contributed by atoms with Crippen molar-refractivity contribution in [2.75, 3.05) is 38.8 Å². The van der Waals surface area contributed by atoms with Crippen LogP contribution in [-0.4, -0.2) is 59.2 Å². The van der Waals surface area contributed by atoms with Crippen molar-refractivity contribution in [2.24, 2.45) is 5.73 Å². The van der Waals surface area contributed by atoms with E-state index in [2.05, 4.69) is 9.88 Å². The van der Waals surface area contributed by atoms with Crippen LogP contribution in [-0.2, 0) is 0 Å². The molecule has 0 aliphatic carbocycles. The lowest BCUT2D eigenvalue weighted by atomic mass is 9.92. The lowest BCUT2D eigenvalue weighted by Gasteiger charge is -2.37. The molecule has 0 radical (unpaired) electrons. The van der Waals surface area contributed by atoms with E-state index in [1.54, 1.807) is 20.4 Å². The molecule has 0 amide bonds. The fourth-order valence-electron chi connectivity index (χ4n) is 3.32. The zero-order chi connectivity index (χ0) is 19.0. The van der Waals surface area contributed by atoms with E-state index in [1.165, 1.54) is 11.3 Å². The lowest BCUT2D eigenvalue weighted by molar-refractivity contribution is 0.0249. The van der Waals surface area contributed by atoms with Crippen molar-refractivity contribution < 1.29 is 14.6 Å². The minimum atomic E-state index is -0.754. The molecule has 1 fully saturated rings. The molecule has 1 saturated heterocycles. The number of methoxy groups -OCH3 is 2. The maximum Gasteiger partial charge on any atom is 0.214 e. The highest BCUT2D eigenvalue weighted by Gasteiger charge is 2.32. The van der Waals surface area contributed by atoms with Crippen molar-refractivity contribution in [3.8, 4) is 22.8 Å². The van der Waals surface area contributed by atoms with E-state index in [4.69, 9.17) is 20.3 Å². The van der Waals surface area contributed by atoms with E-state index in [0.29, 0.717) is 25.1 Å². The molecule has 3 heterocycles. The molecule has 0 bridgehead atoms. The van der Waals surface area contributed by atoms with Crippen LogP contribution in [0.5, 0.6) is 11.5 Å². The standard InChI is InChI=1S/C18H23N5O3S/c1-25-12-3-4-13(15(9-12)26-2)14-10-20-16-23(14)21-17(27-16)22-7-5-18(24,11-19)6-8-22/h3-4,9-10,24H,5-8,11,19H2,1-2H3. The number of benzene rings is 1. The van der Waals surface area contributed by atoms with Gasteiger partial charge in [0.25, 0.3) is 0 Å². The Morgan fingerprint density at radius 2 is 2.04 bits per heavy atom. The molecule has 3 aromatic rings. The molecule has 2 aromatic heterocycles. The Bertz CT molecular complexity index is 946. The first-order valence-corrected chi connectivity index (χ1v) is 9.63. The molecule has 1 aromatic carbocycles. The number of nitrogens with two attached hydrogens (primary N) is 1. The summed E-state index contributed by atoms with van der Waals surface area (Å²) in [6.07, 6.45) is 3.09. The molecule has 27 heavy (non-hydrogen) atoms. The first-order valence-electron chi connectivity index (χ1n) is 8.81. The van der Waals surface area contributed by atoms with Gasteiger partial charge in [-0.05, 0) is 25.0 Å². The second-order valence-corrected chi connectivity index (χ2v) is 7.64. The van der Waals surface area contributed by atoms with Gasteiger partial charge in [0.2, 0.25) is 10.1 Å². The van der Waals surface area contributed by atoms with Gasteiger partial charge in [-0.1, -0.05) is 11.3 Å². The number of imidazole rings is 1. The van der Waals surface area contributed by atoms with Crippen molar-refractivity contribution in [3.05, 3.63) is 24.4 Å². The summed E-state index contributed by atoms with van der Waals surface area (Å²) in [4.78, 5) is 7.51. The van der Waals surface area contributed by atoms with E-state index in [0.717, 1.165) is 40.2 Å². The Kier molecular flexibility index (Phi) is 4.67. The molecule has 144 valence electrons. The molecule has 1 aliphatic heterocycles. The summed E-state index contributed by atoms with van der Waals surface area (Å²) in [5.74, 6) is 1.44. The summed E-state index contributed by atoms with van der Waals surface area (Å²) in [6, 6.07) is 5.69. The smallest absolute Gasteiger partial charge is 0.214 e. The Balaban J connectivity index is 1.66. The van der Waals surface area contributed by atoms with E-state index < -0.39 is 5.60 Å². The van der Waals surface area contributed by atoms with E-state index in [9.17, 15) is 5.11 Å². The van der Waals surface area contributed by atoms with Gasteiger partial charge in [0.1, 0.15) is 11.5 Å². The third-order valence-corrected chi connectivity index (χ3v) is 6.09. The number of hydrogen-bond acceptors (Lipinski definition) is 8. The molecule has 8 nitrogen and oxygen atoms in total. The van der Waals surface area contributed by atoms with Crippen molar-refractivity contribution in [2.45, 2.75) is 18.4 Å². The zero-order valence-corrected chi connectivity index (χ0v) is 16.2. The highest BCUT2D eigenvalue weighted by molar-refractivity contribution is 7.20. The quantitative estimate of drug-likeness (QED) is 0.686. The van der Waals surface area contributed by atoms with Gasteiger partial charge >= 0.3 is 0 Å². The summed E-state index contributed by atoms with van der Waals surface area (Å²) in [5, 5.41) is 16.0. The Labute approximate surface area is 161 Å². The third kappa shape index (κ3) is 3.22. The molecular weight excluding hydrogens is 366 g/mol. The summed E-state index contributed by atoms with van der Waals surface area (Å²) >= 11 is 1.54. The summed E-state index contributed by atoms with van der Waals surface area (Å²) in [6.45, 7) is 1.75. The van der Waals surface area contributed by atoms with Crippen molar-refractivity contribution in [3.63, 3.8) is 0 Å². The number of aliphatic hydroxyl groups is 1. The van der Waals surface area contributed by atoms with Gasteiger partial charge in [-0.15, -0.1) is 5.10 Å². The Morgan fingerprint density at radius 1 is 1.26 bits per heavy atom. The Hall–Kier alpha value is -2.36. The number of aromatic nitrogens is 3. The largest absolute Gasteiger partial charge is 0.497 e. The lowest BCUT2D eigenvalue weighted by Crippen LogP contribution is -2.48. The van der Waals surface area contributed by atoms with Crippen molar-refractivity contribution in [1.82, 2.24) is 14.6 Å². The summed E-state index contributed by atoms with van der Waals surface area (Å²) in [7, 11) is 3.26. The summed E-state index contributed by atoms with van der Waals surface area (Å²) in [5.41, 5.74) is 6.69. The average Bonchev–Trinajstić information content (AvgIpc) is 3.29. The number of rotatable bonds is 5. The fraction of sp³-hybridized carbons (Fsp3) is 0.444. The predicted octanol–water partition coefficient (Wildman–Crippen LogP) is 1.76. The van der Waals surface area contributed by atoms with Crippen LogP contribution in [0, 0.1) is 0 Å². The van der Waals surface area contributed by atoms with Gasteiger partial charge in [-0.2, -0.15) is 0 Å². The van der Waals surface area contributed by atoms with Crippen LogP contribution in [0.2, 0.25) is 0 Å². The molecule has 0 unspecified atom stereocenters. The SMILES string of the molecule is COc1ccc(-c2cnc3sc(N4CCC(O)(CN)CC4)nn23)c(OC)c1. The summed E-state index contributed by atoms with van der Waals surface area (Å²) < 4.78 is 12.6. The predicted molar refractivity (Wildman–Crippen MR) is 105 cm³/mol. The Morgan fingerprint density at radius 3 is 2.70 bits per heavy atom. The molecule has 4 rings (SSSR count). The first-order chi connectivity index (χ1) is 13.1. The van der Waals surface area contributed by atoms with Crippen molar-refractivity contribution >= 4 is 21.4 Å². The minimum Gasteiger partial charge on any atom is -0.497 e. The van der Waals surface area contributed by atoms with Gasteiger partial charge in [0.15, 0.2) is 0 Å². The molecule has 0 atom stereocenters. The van der Waals surface area contributed by atoms with Gasteiger partial charge < -0.3 is 25.2 Å². The van der Waals surface area contributed by atoms with Crippen LogP contribution in [0.4, 0.5) is 5.13 Å². The van der Waals surface area contributed by atoms with Gasteiger partial charge in [-0.3, -0.25) is 0 Å². The number of ether oxygens (including phenoxy) is 2. The van der Waals surface area contributed by atoms with Crippen LogP contribution < -0.4 is 20.1 Å². The number of piperidine rings is 1. The van der Waals surface area contributed by atoms with Crippen LogP contribution in [0.3, 0.4) is 0 Å². The second kappa shape index (κ2) is 6.99. The molecular formula is C18H23N5O3S. The van der Waals surface area contributed by atoms with Crippen LogP contribution in [0.25, 0.3) is 16.2 Å². The minimum absolute atomic E-state index is 0.295.